The van der Waals surface area contributed by atoms with Crippen molar-refractivity contribution in [2.75, 3.05) is 6.54 Å². The van der Waals surface area contributed by atoms with Crippen LogP contribution in [0.2, 0.25) is 0 Å². The van der Waals surface area contributed by atoms with Crippen molar-refractivity contribution in [2.45, 2.75) is 39.0 Å². The molecule has 15 heavy (non-hydrogen) atoms. The van der Waals surface area contributed by atoms with Gasteiger partial charge in [0, 0.05) is 5.69 Å². The predicted molar refractivity (Wildman–Crippen MR) is 61.5 cm³/mol. The molecule has 1 aromatic heterocycles. The van der Waals surface area contributed by atoms with Crippen molar-refractivity contribution < 1.29 is 0 Å². The number of hydrogen-bond donors (Lipinski definition) is 2. The maximum atomic E-state index is 5.74. The smallest absolute Gasteiger partial charge is 0.0627 e. The predicted octanol–water partition coefficient (Wildman–Crippen LogP) is 2.03. The lowest BCUT2D eigenvalue weighted by molar-refractivity contribution is 0.269. The molecule has 1 aliphatic carbocycles. The van der Waals surface area contributed by atoms with Gasteiger partial charge in [0.25, 0.3) is 0 Å². The Hall–Kier alpha value is -0.830. The van der Waals surface area contributed by atoms with E-state index in [4.69, 9.17) is 5.73 Å². The quantitative estimate of drug-likeness (QED) is 0.796. The molecule has 1 fully saturated rings. The van der Waals surface area contributed by atoms with E-state index in [0.29, 0.717) is 0 Å². The maximum absolute atomic E-state index is 5.74. The van der Waals surface area contributed by atoms with Crippen LogP contribution < -0.4 is 5.73 Å². The molecule has 0 bridgehead atoms. The van der Waals surface area contributed by atoms with Crippen molar-refractivity contribution >= 4 is 0 Å². The Morgan fingerprint density at radius 1 is 1.47 bits per heavy atom. The van der Waals surface area contributed by atoms with Gasteiger partial charge in [-0.15, -0.1) is 0 Å². The highest BCUT2D eigenvalue weighted by Gasteiger charge is 2.21. The third-order valence-electron chi connectivity index (χ3n) is 3.48. The Bertz CT molecular complexity index is 306. The van der Waals surface area contributed by atoms with E-state index in [1.807, 2.05) is 0 Å². The topological polar surface area (TPSA) is 54.7 Å². The number of aryl methyl sites for hydroxylation is 1. The highest BCUT2D eigenvalue weighted by Crippen LogP contribution is 2.30. The van der Waals surface area contributed by atoms with E-state index in [-0.39, 0.29) is 0 Å². The van der Waals surface area contributed by atoms with Gasteiger partial charge in [-0.1, -0.05) is 12.8 Å². The van der Waals surface area contributed by atoms with Crippen LogP contribution in [0.1, 0.15) is 37.1 Å². The highest BCUT2D eigenvalue weighted by atomic mass is 15.1. The molecular formula is C12H21N3. The molecule has 84 valence electrons. The summed E-state index contributed by atoms with van der Waals surface area (Å²) in [6.07, 6.45) is 6.44. The fourth-order valence-corrected chi connectivity index (χ4v) is 2.68. The van der Waals surface area contributed by atoms with Crippen molar-refractivity contribution in [2.24, 2.45) is 17.6 Å². The largest absolute Gasteiger partial charge is 0.330 e. The number of nitrogens with one attached hydrogen (secondary N) is 1. The number of aromatic amines is 1. The van der Waals surface area contributed by atoms with Gasteiger partial charge in [0.05, 0.1) is 5.69 Å². The number of nitrogens with zero attached hydrogens (tertiary/aromatic N) is 1. The molecule has 0 aliphatic heterocycles. The van der Waals surface area contributed by atoms with Crippen LogP contribution in [-0.2, 0) is 6.42 Å². The Kier molecular flexibility index (Phi) is 3.41. The second-order valence-electron chi connectivity index (χ2n) is 4.88. The van der Waals surface area contributed by atoms with Gasteiger partial charge in [-0.2, -0.15) is 5.10 Å². The minimum Gasteiger partial charge on any atom is -0.330 e. The van der Waals surface area contributed by atoms with Crippen LogP contribution in [0.4, 0.5) is 0 Å². The molecule has 0 saturated heterocycles. The number of nitrogens with two attached hydrogens (primary N) is 1. The molecule has 0 spiro atoms. The van der Waals surface area contributed by atoms with E-state index in [1.54, 1.807) is 0 Å². The second kappa shape index (κ2) is 4.79. The van der Waals surface area contributed by atoms with Gasteiger partial charge in [0.1, 0.15) is 0 Å². The maximum Gasteiger partial charge on any atom is 0.0627 e. The van der Waals surface area contributed by atoms with E-state index in [1.165, 1.54) is 31.4 Å². The van der Waals surface area contributed by atoms with Gasteiger partial charge >= 0.3 is 0 Å². The Labute approximate surface area is 91.4 Å². The third-order valence-corrected chi connectivity index (χ3v) is 3.48. The molecule has 2 atom stereocenters. The molecule has 0 radical (unpaired) electrons. The molecule has 3 N–H and O–H groups in total. The van der Waals surface area contributed by atoms with E-state index >= 15 is 0 Å². The molecule has 0 aromatic carbocycles. The van der Waals surface area contributed by atoms with Gasteiger partial charge in [-0.05, 0) is 50.6 Å². The Morgan fingerprint density at radius 2 is 2.27 bits per heavy atom. The van der Waals surface area contributed by atoms with Crippen LogP contribution in [0.15, 0.2) is 6.07 Å². The fourth-order valence-electron chi connectivity index (χ4n) is 2.68. The zero-order valence-corrected chi connectivity index (χ0v) is 9.50. The van der Waals surface area contributed by atoms with Gasteiger partial charge in [0.15, 0.2) is 0 Å². The zero-order valence-electron chi connectivity index (χ0n) is 9.50. The molecule has 2 unspecified atom stereocenters. The van der Waals surface area contributed by atoms with Crippen LogP contribution in [0.25, 0.3) is 0 Å². The van der Waals surface area contributed by atoms with Crippen LogP contribution in [-0.4, -0.2) is 16.7 Å². The summed E-state index contributed by atoms with van der Waals surface area (Å²) in [7, 11) is 0. The Balaban J connectivity index is 1.88. The molecule has 1 saturated carbocycles. The summed E-state index contributed by atoms with van der Waals surface area (Å²) in [6.45, 7) is 2.91. The summed E-state index contributed by atoms with van der Waals surface area (Å²) in [5, 5.41) is 7.31. The average molecular weight is 207 g/mol. The SMILES string of the molecule is Cc1cc(CC2CCCC(CN)C2)n[nH]1. The molecule has 0 amide bonds. The summed E-state index contributed by atoms with van der Waals surface area (Å²) in [5.41, 5.74) is 8.12. The van der Waals surface area contributed by atoms with Crippen LogP contribution >= 0.6 is 0 Å². The van der Waals surface area contributed by atoms with Crippen LogP contribution in [0.3, 0.4) is 0 Å². The molecule has 2 rings (SSSR count). The van der Waals surface area contributed by atoms with Crippen molar-refractivity contribution in [3.8, 4) is 0 Å². The number of hydrogen-bond acceptors (Lipinski definition) is 2. The second-order valence-corrected chi connectivity index (χ2v) is 4.88. The van der Waals surface area contributed by atoms with E-state index in [9.17, 15) is 0 Å². The third kappa shape index (κ3) is 2.81. The average Bonchev–Trinajstić information content (AvgIpc) is 2.64. The van der Waals surface area contributed by atoms with Crippen molar-refractivity contribution in [3.63, 3.8) is 0 Å². The number of rotatable bonds is 3. The fraction of sp³-hybridized carbons (Fsp3) is 0.750. The lowest BCUT2D eigenvalue weighted by atomic mass is 9.79. The summed E-state index contributed by atoms with van der Waals surface area (Å²) in [6, 6.07) is 2.16. The van der Waals surface area contributed by atoms with E-state index in [0.717, 1.165) is 30.5 Å². The lowest BCUT2D eigenvalue weighted by Gasteiger charge is -2.27. The summed E-state index contributed by atoms with van der Waals surface area (Å²) < 4.78 is 0. The molecule has 1 aliphatic rings. The molecule has 3 heteroatoms. The molecule has 1 aromatic rings. The van der Waals surface area contributed by atoms with Gasteiger partial charge in [0.2, 0.25) is 0 Å². The Morgan fingerprint density at radius 3 is 2.93 bits per heavy atom. The minimum atomic E-state index is 0.754. The highest BCUT2D eigenvalue weighted by molar-refractivity contribution is 5.07. The van der Waals surface area contributed by atoms with Crippen LogP contribution in [0, 0.1) is 18.8 Å². The molecule has 1 heterocycles. The lowest BCUT2D eigenvalue weighted by Crippen LogP contribution is -2.23. The summed E-state index contributed by atoms with van der Waals surface area (Å²) in [4.78, 5) is 0. The number of aromatic nitrogens is 2. The van der Waals surface area contributed by atoms with Gasteiger partial charge < -0.3 is 5.73 Å². The van der Waals surface area contributed by atoms with Crippen molar-refractivity contribution in [1.29, 1.82) is 0 Å². The van der Waals surface area contributed by atoms with Gasteiger partial charge in [-0.25, -0.2) is 0 Å². The summed E-state index contributed by atoms with van der Waals surface area (Å²) in [5.74, 6) is 1.55. The number of H-pyrrole nitrogens is 1. The van der Waals surface area contributed by atoms with Crippen molar-refractivity contribution in [3.05, 3.63) is 17.5 Å². The summed E-state index contributed by atoms with van der Waals surface area (Å²) >= 11 is 0. The first-order chi connectivity index (χ1) is 7.28. The molecular weight excluding hydrogens is 186 g/mol. The standard InChI is InChI=1S/C12H21N3/c1-9-5-12(15-14-9)7-10-3-2-4-11(6-10)8-13/h5,10-11H,2-4,6-8,13H2,1H3,(H,14,15). The van der Waals surface area contributed by atoms with E-state index in [2.05, 4.69) is 23.2 Å². The van der Waals surface area contributed by atoms with Gasteiger partial charge in [-0.3, -0.25) is 5.10 Å². The zero-order chi connectivity index (χ0) is 10.7. The first-order valence-electron chi connectivity index (χ1n) is 5.99. The molecule has 3 nitrogen and oxygen atoms in total. The van der Waals surface area contributed by atoms with E-state index < -0.39 is 0 Å². The first kappa shape index (κ1) is 10.7. The van der Waals surface area contributed by atoms with Crippen LogP contribution in [0.5, 0.6) is 0 Å². The monoisotopic (exact) mass is 207 g/mol. The first-order valence-corrected chi connectivity index (χ1v) is 5.99. The minimum absolute atomic E-state index is 0.754. The normalized spacial score (nSPS) is 26.8. The van der Waals surface area contributed by atoms with Crippen molar-refractivity contribution in [1.82, 2.24) is 10.2 Å².